The Morgan fingerprint density at radius 3 is 2.43 bits per heavy atom. The summed E-state index contributed by atoms with van der Waals surface area (Å²) >= 11 is 0. The molecule has 0 aromatic heterocycles. The lowest BCUT2D eigenvalue weighted by molar-refractivity contribution is 0.275. The summed E-state index contributed by atoms with van der Waals surface area (Å²) in [5.74, 6) is 2.58. The number of hydrogen-bond donors (Lipinski definition) is 1. The van der Waals surface area contributed by atoms with Crippen LogP contribution in [0.2, 0.25) is 0 Å². The second kappa shape index (κ2) is 19.8. The SMILES string of the molecule is C=C(NCCCCC1CCCC1)c1ccc(CC2CCC(C/C=C/C(C)=C(\CCF)CC/C=C\C=C/C)CC2)c(C)c1. The topological polar surface area (TPSA) is 12.0 Å². The summed E-state index contributed by atoms with van der Waals surface area (Å²) in [6, 6.07) is 6.97. The summed E-state index contributed by atoms with van der Waals surface area (Å²) in [5.41, 5.74) is 7.75. The molecule has 2 heteroatoms. The fourth-order valence-electron chi connectivity index (χ4n) is 7.03. The third-order valence-corrected chi connectivity index (χ3v) is 9.86. The van der Waals surface area contributed by atoms with Crippen molar-refractivity contribution in [1.82, 2.24) is 5.32 Å². The maximum atomic E-state index is 13.1. The molecule has 0 bridgehead atoms. The zero-order valence-electron chi connectivity index (χ0n) is 27.2. The van der Waals surface area contributed by atoms with Gasteiger partial charge in [-0.1, -0.05) is 105 Å². The van der Waals surface area contributed by atoms with E-state index in [1.165, 1.54) is 105 Å². The Morgan fingerprint density at radius 1 is 0.952 bits per heavy atom. The highest BCUT2D eigenvalue weighted by atomic mass is 19.1. The molecule has 0 heterocycles. The highest BCUT2D eigenvalue weighted by Crippen LogP contribution is 2.34. The molecule has 0 atom stereocenters. The van der Waals surface area contributed by atoms with Gasteiger partial charge < -0.3 is 5.32 Å². The molecular formula is C40H60FN. The molecule has 0 saturated heterocycles. The Kier molecular flexibility index (Phi) is 16.1. The molecule has 1 nitrogen and oxygen atoms in total. The van der Waals surface area contributed by atoms with E-state index in [0.29, 0.717) is 6.42 Å². The molecule has 0 spiro atoms. The van der Waals surface area contributed by atoms with Crippen LogP contribution in [0.4, 0.5) is 4.39 Å². The first-order valence-corrected chi connectivity index (χ1v) is 17.2. The van der Waals surface area contributed by atoms with Crippen molar-refractivity contribution >= 4 is 5.70 Å². The van der Waals surface area contributed by atoms with Crippen LogP contribution in [-0.2, 0) is 6.42 Å². The van der Waals surface area contributed by atoms with Crippen LogP contribution >= 0.6 is 0 Å². The van der Waals surface area contributed by atoms with Crippen LogP contribution in [0.15, 0.2) is 72.4 Å². The van der Waals surface area contributed by atoms with Crippen molar-refractivity contribution in [3.8, 4) is 0 Å². The standard InChI is InChI=1S/C40H60FN/c1-5-6-7-8-9-20-38(27-28-41)32(2)15-14-19-36-21-23-37(24-22-36)31-39-25-26-40(30-33(39)3)34(4)42-29-13-12-18-35-16-10-11-17-35/h5-8,14-15,25-26,30,35-37,42H,4,9-13,16-24,27-29,31H2,1-3H3/b6-5-,8-7-,15-14+,38-32-. The zero-order valence-corrected chi connectivity index (χ0v) is 27.2. The van der Waals surface area contributed by atoms with Crippen LogP contribution in [0.5, 0.6) is 0 Å². The molecule has 0 radical (unpaired) electrons. The molecule has 2 aliphatic rings. The molecule has 232 valence electrons. The number of aryl methyl sites for hydroxylation is 1. The molecule has 1 N–H and O–H groups in total. The minimum atomic E-state index is -0.267. The van der Waals surface area contributed by atoms with Crippen molar-refractivity contribution in [2.45, 2.75) is 124 Å². The Morgan fingerprint density at radius 2 is 1.71 bits per heavy atom. The molecule has 2 aliphatic carbocycles. The summed E-state index contributed by atoms with van der Waals surface area (Å²) in [6.45, 7) is 11.6. The van der Waals surface area contributed by atoms with E-state index in [2.05, 4.69) is 68.2 Å². The fraction of sp³-hybridized carbons (Fsp3) is 0.600. The van der Waals surface area contributed by atoms with Gasteiger partial charge in [-0.15, -0.1) is 0 Å². The second-order valence-corrected chi connectivity index (χ2v) is 13.1. The van der Waals surface area contributed by atoms with Gasteiger partial charge in [0.05, 0.1) is 6.67 Å². The van der Waals surface area contributed by atoms with E-state index < -0.39 is 0 Å². The summed E-state index contributed by atoms with van der Waals surface area (Å²) in [7, 11) is 0. The van der Waals surface area contributed by atoms with E-state index in [0.717, 1.165) is 49.3 Å². The minimum Gasteiger partial charge on any atom is -0.385 e. The van der Waals surface area contributed by atoms with E-state index in [1.54, 1.807) is 0 Å². The molecule has 3 rings (SSSR count). The highest BCUT2D eigenvalue weighted by Gasteiger charge is 2.21. The van der Waals surface area contributed by atoms with E-state index in [1.807, 2.05) is 19.1 Å². The Bertz CT molecular complexity index is 1040. The van der Waals surface area contributed by atoms with E-state index in [4.69, 9.17) is 0 Å². The van der Waals surface area contributed by atoms with E-state index >= 15 is 0 Å². The van der Waals surface area contributed by atoms with Crippen LogP contribution in [0.25, 0.3) is 5.70 Å². The lowest BCUT2D eigenvalue weighted by atomic mass is 9.77. The number of unbranched alkanes of at least 4 members (excludes halogenated alkanes) is 1. The molecule has 1 aromatic rings. The minimum absolute atomic E-state index is 0.267. The quantitative estimate of drug-likeness (QED) is 0.136. The number of benzene rings is 1. The van der Waals surface area contributed by atoms with Crippen LogP contribution in [-0.4, -0.2) is 13.2 Å². The Balaban J connectivity index is 1.37. The van der Waals surface area contributed by atoms with Crippen molar-refractivity contribution in [1.29, 1.82) is 0 Å². The number of alkyl halides is 1. The maximum Gasteiger partial charge on any atom is 0.0931 e. The molecule has 0 amide bonds. The van der Waals surface area contributed by atoms with Crippen molar-refractivity contribution < 1.29 is 4.39 Å². The van der Waals surface area contributed by atoms with Gasteiger partial charge in [-0.05, 0) is 125 Å². The van der Waals surface area contributed by atoms with Crippen LogP contribution < -0.4 is 5.32 Å². The smallest absolute Gasteiger partial charge is 0.0931 e. The molecule has 2 fully saturated rings. The highest BCUT2D eigenvalue weighted by molar-refractivity contribution is 5.62. The monoisotopic (exact) mass is 573 g/mol. The van der Waals surface area contributed by atoms with Gasteiger partial charge in [-0.25, -0.2) is 0 Å². The van der Waals surface area contributed by atoms with Gasteiger partial charge in [0.25, 0.3) is 0 Å². The molecule has 2 saturated carbocycles. The van der Waals surface area contributed by atoms with Crippen molar-refractivity contribution in [2.75, 3.05) is 13.2 Å². The van der Waals surface area contributed by atoms with Gasteiger partial charge in [-0.3, -0.25) is 4.39 Å². The number of allylic oxidation sites excluding steroid dienone is 8. The predicted octanol–water partition coefficient (Wildman–Crippen LogP) is 11.8. The van der Waals surface area contributed by atoms with E-state index in [9.17, 15) is 4.39 Å². The fourth-order valence-corrected chi connectivity index (χ4v) is 7.03. The summed E-state index contributed by atoms with van der Waals surface area (Å²) in [6.07, 6.45) is 32.9. The summed E-state index contributed by atoms with van der Waals surface area (Å²) < 4.78 is 13.1. The lowest BCUT2D eigenvalue weighted by Gasteiger charge is -2.28. The van der Waals surface area contributed by atoms with Crippen molar-refractivity contribution in [3.05, 3.63) is 89.1 Å². The van der Waals surface area contributed by atoms with E-state index in [-0.39, 0.29) is 6.67 Å². The van der Waals surface area contributed by atoms with Crippen molar-refractivity contribution in [3.63, 3.8) is 0 Å². The largest absolute Gasteiger partial charge is 0.385 e. The number of hydrogen-bond acceptors (Lipinski definition) is 1. The zero-order chi connectivity index (χ0) is 30.0. The van der Waals surface area contributed by atoms with Crippen LogP contribution in [0.3, 0.4) is 0 Å². The average Bonchev–Trinajstić information content (AvgIpc) is 3.51. The first kappa shape index (κ1) is 34.1. The van der Waals surface area contributed by atoms with Crippen molar-refractivity contribution in [2.24, 2.45) is 17.8 Å². The lowest BCUT2D eigenvalue weighted by Crippen LogP contribution is -2.17. The first-order chi connectivity index (χ1) is 20.5. The predicted molar refractivity (Wildman–Crippen MR) is 183 cm³/mol. The number of halogens is 1. The number of nitrogens with one attached hydrogen (secondary N) is 1. The van der Waals surface area contributed by atoms with Gasteiger partial charge in [0, 0.05) is 12.2 Å². The first-order valence-electron chi connectivity index (χ1n) is 17.2. The van der Waals surface area contributed by atoms with Gasteiger partial charge in [0.2, 0.25) is 0 Å². The van der Waals surface area contributed by atoms with Gasteiger partial charge in [0.1, 0.15) is 0 Å². The molecule has 42 heavy (non-hydrogen) atoms. The molecule has 0 aliphatic heterocycles. The molecule has 1 aromatic carbocycles. The van der Waals surface area contributed by atoms with Crippen LogP contribution in [0.1, 0.15) is 127 Å². The molecular weight excluding hydrogens is 513 g/mol. The van der Waals surface area contributed by atoms with Gasteiger partial charge in [-0.2, -0.15) is 0 Å². The average molecular weight is 574 g/mol. The Labute approximate surface area is 258 Å². The normalized spacial score (nSPS) is 20.7. The third-order valence-electron chi connectivity index (χ3n) is 9.86. The third kappa shape index (κ3) is 12.5. The number of rotatable bonds is 18. The molecule has 0 unspecified atom stereocenters. The summed E-state index contributed by atoms with van der Waals surface area (Å²) in [4.78, 5) is 0. The van der Waals surface area contributed by atoms with Gasteiger partial charge in [0.15, 0.2) is 0 Å². The van der Waals surface area contributed by atoms with Gasteiger partial charge >= 0.3 is 0 Å². The summed E-state index contributed by atoms with van der Waals surface area (Å²) in [5, 5.41) is 3.58. The maximum absolute atomic E-state index is 13.1. The van der Waals surface area contributed by atoms with Crippen LogP contribution in [0, 0.1) is 24.7 Å². The second-order valence-electron chi connectivity index (χ2n) is 13.1. The Hall–Kier alpha value is -2.35.